The molecule has 4 fully saturated rings. The molecule has 0 radical (unpaired) electrons. The summed E-state index contributed by atoms with van der Waals surface area (Å²) in [5.74, 6) is -1.31. The number of methoxy groups -OCH3 is 1. The van der Waals surface area contributed by atoms with Gasteiger partial charge in [0, 0.05) is 38.7 Å². The van der Waals surface area contributed by atoms with Crippen LogP contribution in [0.25, 0.3) is 0 Å². The predicted octanol–water partition coefficient (Wildman–Crippen LogP) is 2.62. The molecule has 1 aromatic rings. The zero-order chi connectivity index (χ0) is 25.8. The lowest BCUT2D eigenvalue weighted by Gasteiger charge is -2.44. The summed E-state index contributed by atoms with van der Waals surface area (Å²) in [7, 11) is 1.65. The Labute approximate surface area is 209 Å². The fourth-order valence-corrected chi connectivity index (χ4v) is 5.95. The molecule has 0 unspecified atom stereocenters. The van der Waals surface area contributed by atoms with Crippen molar-refractivity contribution >= 4 is 12.1 Å². The number of aromatic carboxylic acids is 1. The minimum Gasteiger partial charge on any atom is -0.477 e. The van der Waals surface area contributed by atoms with Crippen LogP contribution >= 0.6 is 0 Å². The molecule has 1 aliphatic carbocycles. The van der Waals surface area contributed by atoms with Crippen LogP contribution in [0.4, 0.5) is 4.79 Å². The highest BCUT2D eigenvalue weighted by molar-refractivity contribution is 5.87. The summed E-state index contributed by atoms with van der Waals surface area (Å²) in [5.41, 5.74) is -0.266. The predicted molar refractivity (Wildman–Crippen MR) is 128 cm³/mol. The van der Waals surface area contributed by atoms with E-state index in [0.29, 0.717) is 26.1 Å². The zero-order valence-electron chi connectivity index (χ0n) is 21.1. The van der Waals surface area contributed by atoms with Crippen LogP contribution < -0.4 is 5.43 Å². The molecule has 4 aliphatic rings. The van der Waals surface area contributed by atoms with Crippen LogP contribution in [-0.4, -0.2) is 83.0 Å². The zero-order valence-corrected chi connectivity index (χ0v) is 21.1. The number of rotatable bonds is 7. The third kappa shape index (κ3) is 4.35. The topological polar surface area (TPSA) is 123 Å². The average Bonchev–Trinajstić information content (AvgIpc) is 3.70. The summed E-state index contributed by atoms with van der Waals surface area (Å²) >= 11 is 0. The summed E-state index contributed by atoms with van der Waals surface area (Å²) in [6, 6.07) is 1.11. The number of allylic oxidation sites excluding steroid dienone is 1. The molecule has 3 saturated heterocycles. The first-order valence-electron chi connectivity index (χ1n) is 12.5. The van der Waals surface area contributed by atoms with Crippen molar-refractivity contribution in [2.45, 2.75) is 75.6 Å². The van der Waals surface area contributed by atoms with Crippen LogP contribution in [-0.2, 0) is 18.9 Å². The molecule has 10 nitrogen and oxygen atoms in total. The maximum Gasteiger partial charge on any atom is 0.410 e. The van der Waals surface area contributed by atoms with E-state index in [-0.39, 0.29) is 35.3 Å². The number of carbonyl (C=O) groups is 2. The van der Waals surface area contributed by atoms with Gasteiger partial charge < -0.3 is 33.5 Å². The lowest BCUT2D eigenvalue weighted by molar-refractivity contribution is -0.124. The fraction of sp³-hybridized carbons (Fsp3) is 0.654. The minimum atomic E-state index is -1.27. The molecule has 3 aliphatic heterocycles. The maximum absolute atomic E-state index is 13.0. The molecule has 36 heavy (non-hydrogen) atoms. The van der Waals surface area contributed by atoms with Gasteiger partial charge in [0.15, 0.2) is 5.43 Å². The molecule has 0 aromatic carbocycles. The SMILES string of the molecule is CO[C@@H]1[C@H](OC(=O)N2CC(n3ccc(=O)c(C(=O)O)c3)C2)CC[C@]2(CO2)[C@H]1[C@@]1(C)O[C@@H]1CC=C(C)C. The number of likely N-dealkylation sites (tertiary alicyclic amines) is 1. The van der Waals surface area contributed by atoms with Crippen molar-refractivity contribution in [2.24, 2.45) is 5.92 Å². The summed E-state index contributed by atoms with van der Waals surface area (Å²) in [6.45, 7) is 7.65. The standard InChI is InChI=1S/C26H34N2O8/c1-15(2)5-6-20-25(3,36-20)22-21(33-4)19(7-9-26(22)14-34-26)35-24(32)28-11-16(12-28)27-10-8-18(29)17(13-27)23(30)31/h5,8,10,13,16,19-22H,6-7,9,11-12,14H2,1-4H3,(H,30,31)/t19-,20-,21-,22-,25+,26+/m1/s1. The first kappa shape index (κ1) is 25.0. The number of ether oxygens (including phenoxy) is 4. The number of carboxylic acids is 1. The Kier molecular flexibility index (Phi) is 6.25. The molecule has 1 spiro atoms. The number of nitrogens with zero attached hydrogens (tertiary/aromatic N) is 2. The largest absolute Gasteiger partial charge is 0.477 e. The molecule has 10 heteroatoms. The van der Waals surface area contributed by atoms with Crippen molar-refractivity contribution < 1.29 is 33.6 Å². The summed E-state index contributed by atoms with van der Waals surface area (Å²) in [4.78, 5) is 37.5. The maximum atomic E-state index is 13.0. The highest BCUT2D eigenvalue weighted by atomic mass is 16.6. The molecule has 4 heterocycles. The van der Waals surface area contributed by atoms with Gasteiger partial charge in [0.2, 0.25) is 0 Å². The molecule has 0 bridgehead atoms. The Hall–Kier alpha value is -2.69. The molecule has 5 rings (SSSR count). The Morgan fingerprint density at radius 2 is 2.03 bits per heavy atom. The molecule has 1 amide bonds. The van der Waals surface area contributed by atoms with Crippen molar-refractivity contribution in [2.75, 3.05) is 26.8 Å². The number of aromatic nitrogens is 1. The monoisotopic (exact) mass is 502 g/mol. The average molecular weight is 503 g/mol. The third-order valence-corrected chi connectivity index (χ3v) is 8.20. The lowest BCUT2D eigenvalue weighted by atomic mass is 9.68. The van der Waals surface area contributed by atoms with Crippen LogP contribution in [0, 0.1) is 5.92 Å². The van der Waals surface area contributed by atoms with Crippen LogP contribution in [0.1, 0.15) is 56.4 Å². The molecule has 6 atom stereocenters. The third-order valence-electron chi connectivity index (χ3n) is 8.20. The van der Waals surface area contributed by atoms with Crippen molar-refractivity contribution in [1.29, 1.82) is 0 Å². The minimum absolute atomic E-state index is 0.0446. The number of carbonyl (C=O) groups excluding carboxylic acids is 1. The van der Waals surface area contributed by atoms with Gasteiger partial charge in [0.1, 0.15) is 29.0 Å². The summed E-state index contributed by atoms with van der Waals surface area (Å²) in [6.07, 6.45) is 6.20. The fourth-order valence-electron chi connectivity index (χ4n) is 5.95. The van der Waals surface area contributed by atoms with E-state index < -0.39 is 29.2 Å². The van der Waals surface area contributed by atoms with Gasteiger partial charge in [-0.3, -0.25) is 4.79 Å². The number of amides is 1. The van der Waals surface area contributed by atoms with Crippen LogP contribution in [0.15, 0.2) is 34.9 Å². The molecule has 196 valence electrons. The second kappa shape index (κ2) is 9.00. The Morgan fingerprint density at radius 1 is 1.31 bits per heavy atom. The highest BCUT2D eigenvalue weighted by Crippen LogP contribution is 2.59. The van der Waals surface area contributed by atoms with E-state index in [1.54, 1.807) is 22.8 Å². The van der Waals surface area contributed by atoms with Gasteiger partial charge in [-0.1, -0.05) is 11.6 Å². The van der Waals surface area contributed by atoms with Crippen molar-refractivity contribution in [3.05, 3.63) is 45.9 Å². The number of hydrogen-bond donors (Lipinski definition) is 1. The van der Waals surface area contributed by atoms with E-state index in [9.17, 15) is 19.5 Å². The van der Waals surface area contributed by atoms with Gasteiger partial charge in [0.25, 0.3) is 0 Å². The van der Waals surface area contributed by atoms with Crippen molar-refractivity contribution in [3.8, 4) is 0 Å². The molecular formula is C26H34N2O8. The van der Waals surface area contributed by atoms with Crippen LogP contribution in [0.5, 0.6) is 0 Å². The normalized spacial score (nSPS) is 35.2. The molecule has 1 N–H and O–H groups in total. The van der Waals surface area contributed by atoms with E-state index in [4.69, 9.17) is 18.9 Å². The Morgan fingerprint density at radius 3 is 2.64 bits per heavy atom. The first-order valence-corrected chi connectivity index (χ1v) is 12.5. The van der Waals surface area contributed by atoms with E-state index in [0.717, 1.165) is 12.8 Å². The van der Waals surface area contributed by atoms with Gasteiger partial charge >= 0.3 is 12.1 Å². The smallest absolute Gasteiger partial charge is 0.410 e. The quantitative estimate of drug-likeness (QED) is 0.446. The Balaban J connectivity index is 1.23. The van der Waals surface area contributed by atoms with Crippen LogP contribution in [0.3, 0.4) is 0 Å². The van der Waals surface area contributed by atoms with Gasteiger partial charge in [0.05, 0.1) is 24.7 Å². The summed E-state index contributed by atoms with van der Waals surface area (Å²) < 4.78 is 25.7. The Bertz CT molecular complexity index is 1130. The number of pyridine rings is 1. The van der Waals surface area contributed by atoms with Gasteiger partial charge in [-0.15, -0.1) is 0 Å². The van der Waals surface area contributed by atoms with Crippen LogP contribution in [0.2, 0.25) is 0 Å². The van der Waals surface area contributed by atoms with Gasteiger partial charge in [-0.25, -0.2) is 9.59 Å². The summed E-state index contributed by atoms with van der Waals surface area (Å²) in [5, 5.41) is 9.20. The van der Waals surface area contributed by atoms with Crippen molar-refractivity contribution in [3.63, 3.8) is 0 Å². The van der Waals surface area contributed by atoms with E-state index in [2.05, 4.69) is 26.8 Å². The molecule has 1 aromatic heterocycles. The van der Waals surface area contributed by atoms with Crippen molar-refractivity contribution in [1.82, 2.24) is 9.47 Å². The second-order valence-electron chi connectivity index (χ2n) is 10.8. The van der Waals surface area contributed by atoms with Gasteiger partial charge in [-0.2, -0.15) is 0 Å². The number of epoxide rings is 2. The molecular weight excluding hydrogens is 468 g/mol. The van der Waals surface area contributed by atoms with E-state index >= 15 is 0 Å². The van der Waals surface area contributed by atoms with E-state index in [1.807, 2.05) is 0 Å². The second-order valence-corrected chi connectivity index (χ2v) is 10.8. The molecule has 1 saturated carbocycles. The van der Waals surface area contributed by atoms with Gasteiger partial charge in [-0.05, 0) is 40.0 Å². The lowest BCUT2D eigenvalue weighted by Crippen LogP contribution is -2.57. The first-order chi connectivity index (χ1) is 17.1. The highest BCUT2D eigenvalue weighted by Gasteiger charge is 2.72. The number of hydrogen-bond acceptors (Lipinski definition) is 7. The number of carboxylic acid groups (broad SMARTS) is 1. The van der Waals surface area contributed by atoms with E-state index in [1.165, 1.54) is 17.8 Å².